The first-order valence-corrected chi connectivity index (χ1v) is 8.25. The molecular weight excluding hydrogens is 308 g/mol. The molecular formula is C13H18N4O4S. The van der Waals surface area contributed by atoms with Gasteiger partial charge in [0.25, 0.3) is 0 Å². The van der Waals surface area contributed by atoms with E-state index >= 15 is 0 Å². The summed E-state index contributed by atoms with van der Waals surface area (Å²) in [5.41, 5.74) is 5.26. The van der Waals surface area contributed by atoms with Gasteiger partial charge in [-0.05, 0) is 38.0 Å². The summed E-state index contributed by atoms with van der Waals surface area (Å²) < 4.78 is 26.8. The number of benzene rings is 1. The van der Waals surface area contributed by atoms with Crippen molar-refractivity contribution >= 4 is 27.6 Å². The minimum Gasteiger partial charge on any atom is -0.352 e. The summed E-state index contributed by atoms with van der Waals surface area (Å²) >= 11 is 0. The number of rotatable bonds is 6. The van der Waals surface area contributed by atoms with Crippen LogP contribution in [0.2, 0.25) is 0 Å². The molecule has 1 aliphatic rings. The van der Waals surface area contributed by atoms with Gasteiger partial charge in [0.2, 0.25) is 15.9 Å². The van der Waals surface area contributed by atoms with Crippen LogP contribution in [0.4, 0.5) is 10.5 Å². The van der Waals surface area contributed by atoms with Crippen molar-refractivity contribution in [2.24, 2.45) is 5.73 Å². The van der Waals surface area contributed by atoms with Gasteiger partial charge in [-0.3, -0.25) is 4.79 Å². The number of primary amides is 1. The molecule has 0 radical (unpaired) electrons. The van der Waals surface area contributed by atoms with E-state index in [1.54, 1.807) is 6.07 Å². The second-order valence-electron chi connectivity index (χ2n) is 5.14. The minimum atomic E-state index is -3.59. The molecule has 8 nitrogen and oxygen atoms in total. The van der Waals surface area contributed by atoms with Crippen LogP contribution in [0.5, 0.6) is 0 Å². The summed E-state index contributed by atoms with van der Waals surface area (Å²) in [5, 5.41) is 4.77. The Morgan fingerprint density at radius 1 is 1.32 bits per heavy atom. The maximum atomic E-state index is 12.1. The second-order valence-corrected chi connectivity index (χ2v) is 6.86. The van der Waals surface area contributed by atoms with Crippen LogP contribution in [-0.4, -0.2) is 32.4 Å². The maximum Gasteiger partial charge on any atom is 0.312 e. The highest BCUT2D eigenvalue weighted by Crippen LogP contribution is 2.23. The highest BCUT2D eigenvalue weighted by Gasteiger charge is 2.28. The van der Waals surface area contributed by atoms with Crippen LogP contribution >= 0.6 is 0 Å². The highest BCUT2D eigenvalue weighted by molar-refractivity contribution is 7.89. The molecule has 0 spiro atoms. The Morgan fingerprint density at radius 2 is 2.00 bits per heavy atom. The molecule has 0 aliphatic heterocycles. The maximum absolute atomic E-state index is 12.1. The van der Waals surface area contributed by atoms with Gasteiger partial charge in [-0.1, -0.05) is 6.07 Å². The van der Waals surface area contributed by atoms with Crippen LogP contribution in [0.1, 0.15) is 19.8 Å². The normalized spacial score (nSPS) is 15.9. The lowest BCUT2D eigenvalue weighted by molar-refractivity contribution is -0.117. The lowest BCUT2D eigenvalue weighted by atomic mass is 10.2. The quantitative estimate of drug-likeness (QED) is 0.591. The predicted molar refractivity (Wildman–Crippen MR) is 80.6 cm³/mol. The predicted octanol–water partition coefficient (Wildman–Crippen LogP) is 0.123. The largest absolute Gasteiger partial charge is 0.352 e. The van der Waals surface area contributed by atoms with Crippen LogP contribution in [0, 0.1) is 0 Å². The monoisotopic (exact) mass is 326 g/mol. The Labute approximate surface area is 128 Å². The lowest BCUT2D eigenvalue weighted by Crippen LogP contribution is -2.44. The fourth-order valence-corrected chi connectivity index (χ4v) is 3.11. The van der Waals surface area contributed by atoms with Crippen molar-refractivity contribution in [3.63, 3.8) is 0 Å². The standard InChI is InChI=1S/C13H18N4O4S/c1-8(15-13(14)19)12(18)16-10-3-2-4-11(7-10)22(20,21)17-9-5-6-9/h2-4,7-9,17H,5-6H2,1H3,(H,16,18)(H3,14,15,19)/t8-/m1/s1. The first-order valence-electron chi connectivity index (χ1n) is 6.77. The Kier molecular flexibility index (Phi) is 4.67. The number of sulfonamides is 1. The molecule has 9 heteroatoms. The van der Waals surface area contributed by atoms with Crippen LogP contribution < -0.4 is 21.1 Å². The first-order chi connectivity index (χ1) is 10.3. The third kappa shape index (κ3) is 4.43. The Balaban J connectivity index is 2.08. The number of hydrogen-bond acceptors (Lipinski definition) is 4. The number of nitrogens with two attached hydrogens (primary N) is 1. The fraction of sp³-hybridized carbons (Fsp3) is 0.385. The van der Waals surface area contributed by atoms with Gasteiger partial charge in [0, 0.05) is 11.7 Å². The molecule has 1 atom stereocenters. The fourth-order valence-electron chi connectivity index (χ4n) is 1.76. The third-order valence-corrected chi connectivity index (χ3v) is 4.58. The van der Waals surface area contributed by atoms with Crippen LogP contribution in [-0.2, 0) is 14.8 Å². The van der Waals surface area contributed by atoms with Crippen molar-refractivity contribution in [3.05, 3.63) is 24.3 Å². The highest BCUT2D eigenvalue weighted by atomic mass is 32.2. The van der Waals surface area contributed by atoms with E-state index in [1.807, 2.05) is 0 Å². The molecule has 0 heterocycles. The number of carbonyl (C=O) groups is 2. The molecule has 1 aromatic carbocycles. The Bertz CT molecular complexity index is 685. The van der Waals surface area contributed by atoms with Crippen molar-refractivity contribution in [2.75, 3.05) is 5.32 Å². The molecule has 2 rings (SSSR count). The van der Waals surface area contributed by atoms with E-state index in [0.717, 1.165) is 12.8 Å². The van der Waals surface area contributed by atoms with Crippen LogP contribution in [0.3, 0.4) is 0 Å². The molecule has 0 unspecified atom stereocenters. The SMILES string of the molecule is C[C@@H](NC(N)=O)C(=O)Nc1cccc(S(=O)(=O)NC2CC2)c1. The number of anilines is 1. The molecule has 1 saturated carbocycles. The van der Waals surface area contributed by atoms with Gasteiger partial charge in [-0.15, -0.1) is 0 Å². The van der Waals surface area contributed by atoms with Crippen molar-refractivity contribution in [1.29, 1.82) is 0 Å². The minimum absolute atomic E-state index is 0.00281. The second kappa shape index (κ2) is 6.32. The molecule has 22 heavy (non-hydrogen) atoms. The van der Waals surface area contributed by atoms with Crippen molar-refractivity contribution in [2.45, 2.75) is 36.7 Å². The average molecular weight is 326 g/mol. The zero-order valence-electron chi connectivity index (χ0n) is 12.0. The number of urea groups is 1. The molecule has 120 valence electrons. The number of carbonyl (C=O) groups excluding carboxylic acids is 2. The van der Waals surface area contributed by atoms with Crippen molar-refractivity contribution in [3.8, 4) is 0 Å². The van der Waals surface area contributed by atoms with Gasteiger partial charge < -0.3 is 16.4 Å². The molecule has 5 N–H and O–H groups in total. The zero-order valence-corrected chi connectivity index (χ0v) is 12.8. The van der Waals surface area contributed by atoms with E-state index in [2.05, 4.69) is 15.4 Å². The van der Waals surface area contributed by atoms with E-state index in [4.69, 9.17) is 5.73 Å². The van der Waals surface area contributed by atoms with Gasteiger partial charge >= 0.3 is 6.03 Å². The number of hydrogen-bond donors (Lipinski definition) is 4. The number of amides is 3. The molecule has 1 aromatic rings. The smallest absolute Gasteiger partial charge is 0.312 e. The first kappa shape index (κ1) is 16.2. The van der Waals surface area contributed by atoms with Gasteiger partial charge in [0.15, 0.2) is 0 Å². The van der Waals surface area contributed by atoms with Crippen molar-refractivity contribution in [1.82, 2.24) is 10.0 Å². The van der Waals surface area contributed by atoms with E-state index in [9.17, 15) is 18.0 Å². The van der Waals surface area contributed by atoms with Crippen LogP contribution in [0.15, 0.2) is 29.2 Å². The molecule has 3 amide bonds. The zero-order chi connectivity index (χ0) is 16.3. The van der Waals surface area contributed by atoms with Crippen LogP contribution in [0.25, 0.3) is 0 Å². The topological polar surface area (TPSA) is 130 Å². The van der Waals surface area contributed by atoms with Gasteiger partial charge in [-0.25, -0.2) is 17.9 Å². The van der Waals surface area contributed by atoms with E-state index in [0.29, 0.717) is 5.69 Å². The third-order valence-electron chi connectivity index (χ3n) is 3.06. The molecule has 1 aliphatic carbocycles. The van der Waals surface area contributed by atoms with Crippen molar-refractivity contribution < 1.29 is 18.0 Å². The summed E-state index contributed by atoms with van der Waals surface area (Å²) in [6, 6.07) is 4.26. The number of nitrogens with one attached hydrogen (secondary N) is 3. The summed E-state index contributed by atoms with van der Waals surface area (Å²) in [4.78, 5) is 22.6. The molecule has 0 saturated heterocycles. The Morgan fingerprint density at radius 3 is 2.59 bits per heavy atom. The summed E-state index contributed by atoms with van der Waals surface area (Å²) in [6.07, 6.45) is 1.68. The molecule has 1 fully saturated rings. The van der Waals surface area contributed by atoms with Gasteiger partial charge in [0.1, 0.15) is 6.04 Å². The summed E-state index contributed by atoms with van der Waals surface area (Å²) in [7, 11) is -3.59. The molecule has 0 bridgehead atoms. The average Bonchev–Trinajstić information content (AvgIpc) is 3.21. The Hall–Kier alpha value is -2.13. The summed E-state index contributed by atoms with van der Waals surface area (Å²) in [5.74, 6) is -0.497. The van der Waals surface area contributed by atoms with Gasteiger partial charge in [0.05, 0.1) is 4.90 Å². The van der Waals surface area contributed by atoms with Gasteiger partial charge in [-0.2, -0.15) is 0 Å². The van der Waals surface area contributed by atoms with E-state index in [1.165, 1.54) is 25.1 Å². The lowest BCUT2D eigenvalue weighted by Gasteiger charge is -2.13. The summed E-state index contributed by atoms with van der Waals surface area (Å²) in [6.45, 7) is 1.47. The van der Waals surface area contributed by atoms with E-state index in [-0.39, 0.29) is 10.9 Å². The van der Waals surface area contributed by atoms with E-state index < -0.39 is 28.0 Å². The molecule has 0 aromatic heterocycles.